The van der Waals surface area contributed by atoms with E-state index in [2.05, 4.69) is 31.4 Å². The number of rotatable bonds is 2. The van der Waals surface area contributed by atoms with Crippen molar-refractivity contribution in [3.63, 3.8) is 0 Å². The number of nitrogens with zero attached hydrogens (tertiary/aromatic N) is 3. The summed E-state index contributed by atoms with van der Waals surface area (Å²) in [7, 11) is 3.62. The Labute approximate surface area is 96.0 Å². The van der Waals surface area contributed by atoms with Crippen molar-refractivity contribution < 1.29 is 0 Å². The Hall–Kier alpha value is -1.52. The Morgan fingerprint density at radius 1 is 1.56 bits per heavy atom. The second-order valence-corrected chi connectivity index (χ2v) is 3.97. The molecule has 0 aliphatic carbocycles. The van der Waals surface area contributed by atoms with Gasteiger partial charge in [0, 0.05) is 33.3 Å². The van der Waals surface area contributed by atoms with E-state index in [0.717, 1.165) is 31.2 Å². The molecule has 2 rings (SSSR count). The summed E-state index contributed by atoms with van der Waals surface area (Å²) in [5.74, 6) is 2.02. The summed E-state index contributed by atoms with van der Waals surface area (Å²) in [4.78, 5) is 8.67. The smallest absolute Gasteiger partial charge is 0.191 e. The number of guanidine groups is 1. The van der Waals surface area contributed by atoms with E-state index in [-0.39, 0.29) is 0 Å². The number of nitrogens with one attached hydrogen (secondary N) is 2. The number of hydrogen-bond donors (Lipinski definition) is 2. The van der Waals surface area contributed by atoms with Gasteiger partial charge in [0.25, 0.3) is 0 Å². The summed E-state index contributed by atoms with van der Waals surface area (Å²) in [5.41, 5.74) is 1.09. The van der Waals surface area contributed by atoms with Crippen LogP contribution < -0.4 is 10.6 Å². The second-order valence-electron chi connectivity index (χ2n) is 3.97. The molecule has 0 saturated carbocycles. The predicted molar refractivity (Wildman–Crippen MR) is 64.4 cm³/mol. The van der Waals surface area contributed by atoms with Gasteiger partial charge in [-0.15, -0.1) is 0 Å². The lowest BCUT2D eigenvalue weighted by atomic mass is 10.2. The van der Waals surface area contributed by atoms with Crippen molar-refractivity contribution in [2.75, 3.05) is 14.1 Å². The minimum Gasteiger partial charge on any atom is -0.359 e. The molecular formula is C11H19N5. The number of hydrogen-bond acceptors (Lipinski definition) is 2. The summed E-state index contributed by atoms with van der Waals surface area (Å²) < 4.78 is 2.27. The molecule has 1 aromatic rings. The van der Waals surface area contributed by atoms with Crippen molar-refractivity contribution in [2.24, 2.45) is 4.99 Å². The molecule has 0 amide bonds. The molecule has 5 heteroatoms. The molecule has 5 nitrogen and oxygen atoms in total. The SMILES string of the molecule is CN=C(NC)NCc1cn2c(n1)CCCC2. The van der Waals surface area contributed by atoms with Gasteiger partial charge in [0.2, 0.25) is 0 Å². The zero-order valence-corrected chi connectivity index (χ0v) is 9.95. The summed E-state index contributed by atoms with van der Waals surface area (Å²) >= 11 is 0. The third kappa shape index (κ3) is 2.35. The molecule has 1 aromatic heterocycles. The van der Waals surface area contributed by atoms with Gasteiger partial charge in [0.1, 0.15) is 5.82 Å². The normalized spacial score (nSPS) is 15.8. The largest absolute Gasteiger partial charge is 0.359 e. The minimum absolute atomic E-state index is 0.730. The maximum absolute atomic E-state index is 4.61. The fourth-order valence-corrected chi connectivity index (χ4v) is 2.01. The average Bonchev–Trinajstić information content (AvgIpc) is 2.73. The van der Waals surface area contributed by atoms with Crippen LogP contribution in [-0.4, -0.2) is 29.6 Å². The van der Waals surface area contributed by atoms with Gasteiger partial charge < -0.3 is 15.2 Å². The number of aryl methyl sites for hydroxylation is 2. The number of fused-ring (bicyclic) bond motifs is 1. The fraction of sp³-hybridized carbons (Fsp3) is 0.636. The third-order valence-electron chi connectivity index (χ3n) is 2.86. The summed E-state index contributed by atoms with van der Waals surface area (Å²) in [6, 6.07) is 0. The van der Waals surface area contributed by atoms with Gasteiger partial charge in [-0.25, -0.2) is 4.98 Å². The van der Waals surface area contributed by atoms with E-state index >= 15 is 0 Å². The van der Waals surface area contributed by atoms with Gasteiger partial charge in [-0.05, 0) is 12.8 Å². The highest BCUT2D eigenvalue weighted by Gasteiger charge is 2.11. The first-order chi connectivity index (χ1) is 7.83. The molecule has 0 fully saturated rings. The highest BCUT2D eigenvalue weighted by atomic mass is 15.2. The predicted octanol–water partition coefficient (Wildman–Crippen LogP) is 0.514. The van der Waals surface area contributed by atoms with Crippen LogP contribution in [0.1, 0.15) is 24.4 Å². The Kier molecular flexibility index (Phi) is 3.44. The van der Waals surface area contributed by atoms with Crippen LogP contribution in [0.3, 0.4) is 0 Å². The number of imidazole rings is 1. The molecule has 88 valence electrons. The number of aromatic nitrogens is 2. The fourth-order valence-electron chi connectivity index (χ4n) is 2.01. The van der Waals surface area contributed by atoms with Crippen LogP contribution >= 0.6 is 0 Å². The number of aliphatic imine (C=N–C) groups is 1. The topological polar surface area (TPSA) is 54.2 Å². The Bertz CT molecular complexity index is 356. The lowest BCUT2D eigenvalue weighted by Gasteiger charge is -2.11. The first-order valence-corrected chi connectivity index (χ1v) is 5.77. The lowest BCUT2D eigenvalue weighted by Crippen LogP contribution is -2.34. The second kappa shape index (κ2) is 5.01. The van der Waals surface area contributed by atoms with Gasteiger partial charge >= 0.3 is 0 Å². The van der Waals surface area contributed by atoms with Crippen LogP contribution in [0.25, 0.3) is 0 Å². The van der Waals surface area contributed by atoms with Crippen molar-refractivity contribution in [1.82, 2.24) is 20.2 Å². The van der Waals surface area contributed by atoms with Crippen LogP contribution in [0.2, 0.25) is 0 Å². The van der Waals surface area contributed by atoms with E-state index in [9.17, 15) is 0 Å². The molecule has 1 aliphatic rings. The lowest BCUT2D eigenvalue weighted by molar-refractivity contribution is 0.522. The van der Waals surface area contributed by atoms with Crippen molar-refractivity contribution in [3.05, 3.63) is 17.7 Å². The highest BCUT2D eigenvalue weighted by Crippen LogP contribution is 2.14. The average molecular weight is 221 g/mol. The molecule has 0 atom stereocenters. The van der Waals surface area contributed by atoms with E-state index in [1.54, 1.807) is 7.05 Å². The van der Waals surface area contributed by atoms with Crippen LogP contribution in [0.4, 0.5) is 0 Å². The Morgan fingerprint density at radius 2 is 2.44 bits per heavy atom. The van der Waals surface area contributed by atoms with Gasteiger partial charge in [-0.2, -0.15) is 0 Å². The van der Waals surface area contributed by atoms with E-state index in [1.807, 2.05) is 7.05 Å². The van der Waals surface area contributed by atoms with Crippen molar-refractivity contribution in [1.29, 1.82) is 0 Å². The molecule has 0 aromatic carbocycles. The maximum Gasteiger partial charge on any atom is 0.191 e. The molecule has 0 radical (unpaired) electrons. The van der Waals surface area contributed by atoms with Crippen LogP contribution in [-0.2, 0) is 19.5 Å². The first-order valence-electron chi connectivity index (χ1n) is 5.77. The van der Waals surface area contributed by atoms with Crippen molar-refractivity contribution >= 4 is 5.96 Å². The third-order valence-corrected chi connectivity index (χ3v) is 2.86. The monoisotopic (exact) mass is 221 g/mol. The zero-order valence-electron chi connectivity index (χ0n) is 9.95. The highest BCUT2D eigenvalue weighted by molar-refractivity contribution is 5.79. The molecule has 2 N–H and O–H groups in total. The molecule has 2 heterocycles. The molecule has 0 bridgehead atoms. The van der Waals surface area contributed by atoms with Gasteiger partial charge in [0.15, 0.2) is 5.96 Å². The quantitative estimate of drug-likeness (QED) is 0.565. The Morgan fingerprint density at radius 3 is 3.12 bits per heavy atom. The zero-order chi connectivity index (χ0) is 11.4. The van der Waals surface area contributed by atoms with Crippen molar-refractivity contribution in [3.8, 4) is 0 Å². The van der Waals surface area contributed by atoms with Crippen molar-refractivity contribution in [2.45, 2.75) is 32.4 Å². The Balaban J connectivity index is 1.97. The van der Waals surface area contributed by atoms with Crippen LogP contribution in [0.15, 0.2) is 11.2 Å². The van der Waals surface area contributed by atoms with Gasteiger partial charge in [-0.1, -0.05) is 0 Å². The summed E-state index contributed by atoms with van der Waals surface area (Å²) in [6.45, 7) is 1.84. The van der Waals surface area contributed by atoms with Crippen LogP contribution in [0, 0.1) is 0 Å². The molecule has 0 saturated heterocycles. The van der Waals surface area contributed by atoms with E-state index in [0.29, 0.717) is 0 Å². The summed E-state index contributed by atoms with van der Waals surface area (Å²) in [6.07, 6.45) is 5.79. The molecule has 1 aliphatic heterocycles. The summed E-state index contributed by atoms with van der Waals surface area (Å²) in [5, 5.41) is 6.20. The van der Waals surface area contributed by atoms with E-state index < -0.39 is 0 Å². The minimum atomic E-state index is 0.730. The molecule has 0 spiro atoms. The molecular weight excluding hydrogens is 202 g/mol. The van der Waals surface area contributed by atoms with Crippen LogP contribution in [0.5, 0.6) is 0 Å². The molecule has 16 heavy (non-hydrogen) atoms. The first kappa shape index (κ1) is 11.0. The molecule has 0 unspecified atom stereocenters. The van der Waals surface area contributed by atoms with E-state index in [1.165, 1.54) is 18.7 Å². The maximum atomic E-state index is 4.61. The van der Waals surface area contributed by atoms with Gasteiger partial charge in [0.05, 0.1) is 12.2 Å². The standard InChI is InChI=1S/C11H19N5/c1-12-11(13-2)14-7-9-8-16-6-4-3-5-10(16)15-9/h8H,3-7H2,1-2H3,(H2,12,13,14). The van der Waals surface area contributed by atoms with E-state index in [4.69, 9.17) is 0 Å². The van der Waals surface area contributed by atoms with Gasteiger partial charge in [-0.3, -0.25) is 4.99 Å².